The zero-order valence-corrected chi connectivity index (χ0v) is 12.6. The van der Waals surface area contributed by atoms with Gasteiger partial charge in [0.1, 0.15) is 6.61 Å². The normalized spacial score (nSPS) is 13.9. The van der Waals surface area contributed by atoms with Crippen LogP contribution in [0, 0.1) is 5.92 Å². The van der Waals surface area contributed by atoms with Crippen LogP contribution in [0.5, 0.6) is 0 Å². The highest BCUT2D eigenvalue weighted by molar-refractivity contribution is 7.87. The Balaban J connectivity index is 2.77. The minimum Gasteiger partial charge on any atom is -0.459 e. The van der Waals surface area contributed by atoms with Crippen LogP contribution in [0.3, 0.4) is 0 Å². The fourth-order valence-electron chi connectivity index (χ4n) is 1.42. The summed E-state index contributed by atoms with van der Waals surface area (Å²) in [4.78, 5) is 11.8. The van der Waals surface area contributed by atoms with E-state index in [1.54, 1.807) is 30.3 Å². The molecule has 22 heavy (non-hydrogen) atoms. The monoisotopic (exact) mass is 340 g/mol. The van der Waals surface area contributed by atoms with Gasteiger partial charge in [-0.1, -0.05) is 44.2 Å². The van der Waals surface area contributed by atoms with Gasteiger partial charge in [-0.3, -0.25) is 0 Å². The lowest BCUT2D eigenvalue weighted by Gasteiger charge is -2.20. The summed E-state index contributed by atoms with van der Waals surface area (Å²) in [5, 5.41) is 0. The molecule has 0 fully saturated rings. The number of carbonyl (C=O) groups excluding carboxylic acids is 1. The average Bonchev–Trinajstić information content (AvgIpc) is 2.42. The molecule has 9 heteroatoms. The van der Waals surface area contributed by atoms with Crippen LogP contribution in [-0.4, -0.2) is 26.0 Å². The van der Waals surface area contributed by atoms with Crippen LogP contribution < -0.4 is 0 Å². The molecule has 0 saturated carbocycles. The summed E-state index contributed by atoms with van der Waals surface area (Å²) >= 11 is 0. The van der Waals surface area contributed by atoms with Crippen LogP contribution in [0.2, 0.25) is 0 Å². The number of alkyl halides is 3. The number of hydrogen-bond donors (Lipinski definition) is 0. The molecule has 0 aliphatic rings. The predicted octanol–water partition coefficient (Wildman–Crippen LogP) is 2.62. The molecule has 124 valence electrons. The van der Waals surface area contributed by atoms with Crippen LogP contribution in [0.25, 0.3) is 0 Å². The van der Waals surface area contributed by atoms with E-state index in [1.807, 2.05) is 0 Å². The van der Waals surface area contributed by atoms with E-state index in [-0.39, 0.29) is 6.61 Å². The average molecular weight is 340 g/mol. The summed E-state index contributed by atoms with van der Waals surface area (Å²) in [6.45, 7) is 2.50. The lowest BCUT2D eigenvalue weighted by molar-refractivity contribution is -0.156. The summed E-state index contributed by atoms with van der Waals surface area (Å²) in [5.74, 6) is -1.99. The molecule has 0 saturated heterocycles. The van der Waals surface area contributed by atoms with Gasteiger partial charge >= 0.3 is 21.6 Å². The Bertz CT molecular complexity index is 596. The molecule has 0 aromatic heterocycles. The second-order valence-corrected chi connectivity index (χ2v) is 6.32. The smallest absolute Gasteiger partial charge is 0.459 e. The van der Waals surface area contributed by atoms with Gasteiger partial charge in [-0.2, -0.15) is 21.6 Å². The second-order valence-electron chi connectivity index (χ2n) is 4.75. The third-order valence-corrected chi connectivity index (χ3v) is 3.60. The molecule has 0 spiro atoms. The van der Waals surface area contributed by atoms with Gasteiger partial charge < -0.3 is 4.74 Å². The molecule has 0 heterocycles. The van der Waals surface area contributed by atoms with Crippen molar-refractivity contribution in [1.29, 1.82) is 0 Å². The van der Waals surface area contributed by atoms with Crippen molar-refractivity contribution in [3.8, 4) is 0 Å². The van der Waals surface area contributed by atoms with E-state index in [1.165, 1.54) is 13.8 Å². The zero-order chi connectivity index (χ0) is 17.0. The minimum absolute atomic E-state index is 0.196. The maximum atomic E-state index is 12.3. The quantitative estimate of drug-likeness (QED) is 0.452. The van der Waals surface area contributed by atoms with Crippen LogP contribution in [0.15, 0.2) is 30.3 Å². The Labute approximate surface area is 126 Å². The summed E-state index contributed by atoms with van der Waals surface area (Å²) < 4.78 is 67.7. The van der Waals surface area contributed by atoms with Crippen molar-refractivity contribution in [3.05, 3.63) is 35.9 Å². The number of esters is 1. The molecule has 0 unspecified atom stereocenters. The topological polar surface area (TPSA) is 69.7 Å². The summed E-state index contributed by atoms with van der Waals surface area (Å²) in [6.07, 6.45) is -1.87. The van der Waals surface area contributed by atoms with Gasteiger partial charge in [-0.15, -0.1) is 0 Å². The highest BCUT2D eigenvalue weighted by atomic mass is 32.2. The molecular formula is C13H15F3O5S. The van der Waals surface area contributed by atoms with Gasteiger partial charge in [0, 0.05) is 0 Å². The lowest BCUT2D eigenvalue weighted by Crippen LogP contribution is -2.38. The van der Waals surface area contributed by atoms with E-state index in [9.17, 15) is 26.4 Å². The molecule has 0 N–H and O–H groups in total. The van der Waals surface area contributed by atoms with E-state index < -0.39 is 33.6 Å². The maximum Gasteiger partial charge on any atom is 0.523 e. The molecule has 1 rings (SSSR count). The summed E-state index contributed by atoms with van der Waals surface area (Å²) in [7, 11) is -5.87. The van der Waals surface area contributed by atoms with Crippen LogP contribution in [0.4, 0.5) is 13.2 Å². The molecule has 1 aromatic rings. The van der Waals surface area contributed by atoms with Gasteiger partial charge in [0.15, 0.2) is 6.10 Å². The molecule has 5 nitrogen and oxygen atoms in total. The number of hydrogen-bond acceptors (Lipinski definition) is 5. The summed E-state index contributed by atoms with van der Waals surface area (Å²) in [6, 6.07) is 8.40. The first kappa shape index (κ1) is 18.4. The Morgan fingerprint density at radius 1 is 1.18 bits per heavy atom. The van der Waals surface area contributed by atoms with Gasteiger partial charge in [-0.05, 0) is 11.5 Å². The largest absolute Gasteiger partial charge is 0.523 e. The van der Waals surface area contributed by atoms with Crippen LogP contribution >= 0.6 is 0 Å². The third kappa shape index (κ3) is 4.99. The van der Waals surface area contributed by atoms with E-state index in [0.29, 0.717) is 5.56 Å². The maximum absolute atomic E-state index is 12.3. The van der Waals surface area contributed by atoms with E-state index in [4.69, 9.17) is 4.74 Å². The number of halogens is 3. The third-order valence-electron chi connectivity index (χ3n) is 2.58. The van der Waals surface area contributed by atoms with Crippen LogP contribution in [0.1, 0.15) is 19.4 Å². The summed E-state index contributed by atoms with van der Waals surface area (Å²) in [5.41, 5.74) is -4.99. The fourth-order valence-corrected chi connectivity index (χ4v) is 2.11. The lowest BCUT2D eigenvalue weighted by atomic mass is 10.1. The number of carbonyl (C=O) groups is 1. The first-order chi connectivity index (χ1) is 10.0. The molecule has 1 atom stereocenters. The van der Waals surface area contributed by atoms with Crippen molar-refractivity contribution in [2.24, 2.45) is 5.92 Å². The minimum atomic E-state index is -5.87. The first-order valence-electron chi connectivity index (χ1n) is 6.24. The molecule has 1 aromatic carbocycles. The van der Waals surface area contributed by atoms with E-state index in [2.05, 4.69) is 4.18 Å². The number of ether oxygens (including phenoxy) is 1. The molecular weight excluding hydrogens is 325 g/mol. The molecule has 0 aliphatic heterocycles. The van der Waals surface area contributed by atoms with Crippen molar-refractivity contribution in [2.45, 2.75) is 32.1 Å². The SMILES string of the molecule is CC(C)[C@H](OS(=O)(=O)C(F)(F)F)C(=O)OCc1ccccc1. The van der Waals surface area contributed by atoms with Crippen LogP contribution in [-0.2, 0) is 30.4 Å². The van der Waals surface area contributed by atoms with E-state index >= 15 is 0 Å². The van der Waals surface area contributed by atoms with Gasteiger partial charge in [0.2, 0.25) is 0 Å². The second kappa shape index (κ2) is 7.10. The number of benzene rings is 1. The fraction of sp³-hybridized carbons (Fsp3) is 0.462. The molecule has 0 bridgehead atoms. The molecule has 0 amide bonds. The molecule has 0 radical (unpaired) electrons. The zero-order valence-electron chi connectivity index (χ0n) is 11.8. The van der Waals surface area contributed by atoms with Gasteiger partial charge in [-0.25, -0.2) is 8.98 Å². The van der Waals surface area contributed by atoms with E-state index in [0.717, 1.165) is 0 Å². The standard InChI is InChI=1S/C13H15F3O5S/c1-9(2)11(21-22(18,19)13(14,15)16)12(17)20-8-10-6-4-3-5-7-10/h3-7,9,11H,8H2,1-2H3/t11-/m0/s1. The first-order valence-corrected chi connectivity index (χ1v) is 7.65. The van der Waals surface area contributed by atoms with Crippen molar-refractivity contribution in [2.75, 3.05) is 0 Å². The Hall–Kier alpha value is -1.61. The van der Waals surface area contributed by atoms with Crippen molar-refractivity contribution in [1.82, 2.24) is 0 Å². The Kier molecular flexibility index (Phi) is 5.95. The van der Waals surface area contributed by atoms with Gasteiger partial charge in [0.05, 0.1) is 0 Å². The highest BCUT2D eigenvalue weighted by Gasteiger charge is 2.50. The Morgan fingerprint density at radius 3 is 2.18 bits per heavy atom. The highest BCUT2D eigenvalue weighted by Crippen LogP contribution is 2.27. The molecule has 0 aliphatic carbocycles. The number of rotatable bonds is 6. The Morgan fingerprint density at radius 2 is 1.73 bits per heavy atom. The van der Waals surface area contributed by atoms with Crippen molar-refractivity contribution >= 4 is 16.1 Å². The predicted molar refractivity (Wildman–Crippen MR) is 70.9 cm³/mol. The van der Waals surface area contributed by atoms with Gasteiger partial charge in [0.25, 0.3) is 0 Å². The van der Waals surface area contributed by atoms with Crippen molar-refractivity contribution < 1.29 is 35.3 Å². The van der Waals surface area contributed by atoms with Crippen molar-refractivity contribution in [3.63, 3.8) is 0 Å².